The summed E-state index contributed by atoms with van der Waals surface area (Å²) >= 11 is 0. The van der Waals surface area contributed by atoms with Crippen molar-refractivity contribution in [1.82, 2.24) is 15.2 Å². The van der Waals surface area contributed by atoms with Crippen molar-refractivity contribution in [2.45, 2.75) is 9.79 Å². The van der Waals surface area contributed by atoms with E-state index in [4.69, 9.17) is 0 Å². The number of halogens is 1. The molecule has 0 saturated heterocycles. The van der Waals surface area contributed by atoms with Crippen LogP contribution in [0.2, 0.25) is 0 Å². The fourth-order valence-electron chi connectivity index (χ4n) is 1.96. The summed E-state index contributed by atoms with van der Waals surface area (Å²) in [6.45, 7) is 0. The van der Waals surface area contributed by atoms with Gasteiger partial charge in [0.1, 0.15) is 6.33 Å². The molecular weight excluding hydrogens is 353 g/mol. The van der Waals surface area contributed by atoms with Gasteiger partial charge in [0.15, 0.2) is 11.5 Å². The van der Waals surface area contributed by atoms with Gasteiger partial charge in [-0.15, -0.1) is 0 Å². The highest BCUT2D eigenvalue weighted by atomic mass is 32.2. The van der Waals surface area contributed by atoms with Crippen LogP contribution in [0.1, 0.15) is 16.2 Å². The molecule has 2 N–H and O–H groups in total. The third-order valence-electron chi connectivity index (χ3n) is 3.22. The average molecular weight is 363 g/mol. The van der Waals surface area contributed by atoms with E-state index in [-0.39, 0.29) is 11.4 Å². The van der Waals surface area contributed by atoms with Crippen LogP contribution in [-0.2, 0) is 9.84 Å². The Bertz CT molecular complexity index is 1020. The number of hydrogen-bond donors (Lipinski definition) is 2. The highest BCUT2D eigenvalue weighted by Crippen LogP contribution is 2.30. The van der Waals surface area contributed by atoms with Crippen LogP contribution in [-0.4, -0.2) is 34.5 Å². The quantitative estimate of drug-likeness (QED) is 0.324. The van der Waals surface area contributed by atoms with Crippen LogP contribution in [0.5, 0.6) is 0 Å². The monoisotopic (exact) mass is 363 g/mol. The summed E-state index contributed by atoms with van der Waals surface area (Å²) in [5.41, 5.74) is -0.262. The summed E-state index contributed by atoms with van der Waals surface area (Å²) in [6.07, 6.45) is 3.10. The molecule has 128 valence electrons. The third-order valence-corrected chi connectivity index (χ3v) is 4.97. The van der Waals surface area contributed by atoms with Gasteiger partial charge in [0.2, 0.25) is 15.7 Å². The topological polar surface area (TPSA) is 126 Å². The number of aromatic nitrogens is 3. The second kappa shape index (κ2) is 6.32. The Hall–Kier alpha value is -3.27. The smallest absolute Gasteiger partial charge is 0.289 e. The van der Waals surface area contributed by atoms with Gasteiger partial charge in [-0.3, -0.25) is 9.89 Å². The van der Waals surface area contributed by atoms with E-state index in [1.807, 2.05) is 0 Å². The van der Waals surface area contributed by atoms with E-state index in [9.17, 15) is 22.7 Å². The number of sulfone groups is 1. The number of hydrogen-bond acceptors (Lipinski definition) is 7. The molecule has 2 aromatic heterocycles. The largest absolute Gasteiger partial charge is 0.504 e. The van der Waals surface area contributed by atoms with Gasteiger partial charge < -0.3 is 9.52 Å². The van der Waals surface area contributed by atoms with Gasteiger partial charge in [0, 0.05) is 6.08 Å². The first kappa shape index (κ1) is 16.6. The minimum atomic E-state index is -2.93. The molecule has 2 aliphatic rings. The van der Waals surface area contributed by atoms with Crippen molar-refractivity contribution in [3.05, 3.63) is 66.4 Å². The normalized spacial score (nSPS) is 14.2. The van der Waals surface area contributed by atoms with Crippen molar-refractivity contribution in [2.75, 3.05) is 0 Å². The Morgan fingerprint density at radius 1 is 1.28 bits per heavy atom. The second-order valence-electron chi connectivity index (χ2n) is 4.80. The van der Waals surface area contributed by atoms with Gasteiger partial charge in [-0.05, 0) is 24.3 Å². The molecule has 2 bridgehead atoms. The molecule has 0 aliphatic carbocycles. The zero-order chi connectivity index (χ0) is 18.0. The maximum absolute atomic E-state index is 12.9. The first-order valence-electron chi connectivity index (χ1n) is 6.79. The lowest BCUT2D eigenvalue weighted by atomic mass is 10.2. The molecule has 0 atom stereocenters. The number of aliphatic hydroxyl groups excluding tert-OH is 1. The van der Waals surface area contributed by atoms with Crippen molar-refractivity contribution in [3.8, 4) is 0 Å². The molecule has 1 aromatic carbocycles. The number of carbonyl (C=O) groups is 1. The highest BCUT2D eigenvalue weighted by Gasteiger charge is 2.26. The average Bonchev–Trinajstić information content (AvgIpc) is 3.27. The Kier molecular flexibility index (Phi) is 4.19. The molecule has 0 radical (unpaired) electrons. The number of rotatable bonds is 3. The number of fused-ring (bicyclic) bond motifs is 2. The molecule has 5 rings (SSSR count). The second-order valence-corrected chi connectivity index (χ2v) is 6.75. The van der Waals surface area contributed by atoms with E-state index >= 15 is 0 Å². The number of nitrogens with one attached hydrogen (secondary N) is 1. The molecule has 0 saturated carbocycles. The molecular formula is C15H10FN3O5S. The van der Waals surface area contributed by atoms with Gasteiger partial charge >= 0.3 is 0 Å². The zero-order valence-electron chi connectivity index (χ0n) is 12.4. The Morgan fingerprint density at radius 3 is 2.44 bits per heavy atom. The van der Waals surface area contributed by atoms with Crippen molar-refractivity contribution in [1.29, 1.82) is 0 Å². The maximum Gasteiger partial charge on any atom is 0.289 e. The van der Waals surface area contributed by atoms with E-state index < -0.39 is 27.4 Å². The van der Waals surface area contributed by atoms with Gasteiger partial charge in [-0.1, -0.05) is 6.07 Å². The lowest BCUT2D eigenvalue weighted by Gasteiger charge is -2.13. The van der Waals surface area contributed by atoms with E-state index in [0.29, 0.717) is 9.79 Å². The van der Waals surface area contributed by atoms with Crippen molar-refractivity contribution < 1.29 is 27.1 Å². The lowest BCUT2D eigenvalue weighted by Crippen LogP contribution is -2.10. The number of aromatic amines is 1. The molecule has 0 unspecified atom stereocenters. The zero-order valence-corrected chi connectivity index (χ0v) is 13.2. The number of benzene rings is 1. The third kappa shape index (κ3) is 3.19. The van der Waals surface area contributed by atoms with Crippen molar-refractivity contribution in [3.63, 3.8) is 0 Å². The SMILES string of the molecule is O=C(C=C(O)c1nc[nH]n1)c1ccoc1F.O=S1(=O)c2cccc1c2. The molecule has 10 heteroatoms. The van der Waals surface area contributed by atoms with E-state index in [2.05, 4.69) is 19.6 Å². The number of ketones is 1. The van der Waals surface area contributed by atoms with Crippen LogP contribution in [0.3, 0.4) is 0 Å². The summed E-state index contributed by atoms with van der Waals surface area (Å²) < 4.78 is 38.9. The first-order chi connectivity index (χ1) is 11.9. The van der Waals surface area contributed by atoms with Gasteiger partial charge in [0.05, 0.1) is 21.6 Å². The lowest BCUT2D eigenvalue weighted by molar-refractivity contribution is 0.103. The minimum absolute atomic E-state index is 0.0442. The number of nitrogens with zero attached hydrogens (tertiary/aromatic N) is 2. The predicted octanol–water partition coefficient (Wildman–Crippen LogP) is 2.15. The van der Waals surface area contributed by atoms with Crippen LogP contribution < -0.4 is 0 Å². The molecule has 0 spiro atoms. The van der Waals surface area contributed by atoms with E-state index in [1.165, 1.54) is 12.4 Å². The number of carbonyl (C=O) groups excluding carboxylic acids is 1. The number of aliphatic hydroxyl groups is 1. The van der Waals surface area contributed by atoms with Crippen LogP contribution in [0.15, 0.2) is 63.2 Å². The van der Waals surface area contributed by atoms with Crippen LogP contribution in [0.4, 0.5) is 4.39 Å². The predicted molar refractivity (Wildman–Crippen MR) is 81.9 cm³/mol. The molecule has 0 amide bonds. The molecule has 3 aromatic rings. The fourth-order valence-corrected chi connectivity index (χ4v) is 3.12. The number of H-pyrrole nitrogens is 1. The number of allylic oxidation sites excluding steroid dienone is 1. The Balaban J connectivity index is 0.000000170. The van der Waals surface area contributed by atoms with Gasteiger partial charge in [-0.25, -0.2) is 13.4 Å². The minimum Gasteiger partial charge on any atom is -0.504 e. The van der Waals surface area contributed by atoms with Crippen LogP contribution in [0, 0.1) is 6.01 Å². The summed E-state index contributed by atoms with van der Waals surface area (Å²) in [6, 6.07) is 6.77. The summed E-state index contributed by atoms with van der Waals surface area (Å²) in [5, 5.41) is 15.3. The molecule has 2 aliphatic heterocycles. The molecule has 8 nitrogen and oxygen atoms in total. The van der Waals surface area contributed by atoms with Gasteiger partial charge in [0.25, 0.3) is 6.01 Å². The summed E-state index contributed by atoms with van der Waals surface area (Å²) in [4.78, 5) is 15.9. The summed E-state index contributed by atoms with van der Waals surface area (Å²) in [7, 11) is -2.93. The van der Waals surface area contributed by atoms with Crippen molar-refractivity contribution >= 4 is 21.4 Å². The summed E-state index contributed by atoms with van der Waals surface area (Å²) in [5.74, 6) is -1.22. The Labute approximate surface area is 140 Å². The fraction of sp³-hybridized carbons (Fsp3) is 0. The van der Waals surface area contributed by atoms with E-state index in [0.717, 1.165) is 12.3 Å². The van der Waals surface area contributed by atoms with E-state index in [1.54, 1.807) is 24.3 Å². The standard InChI is InChI=1S/C9H6FN3O3.C6H4O2S/c10-8-5(1-2-16-8)6(14)3-7(15)9-11-4-12-13-9;7-9(8)5-2-1-3-6(9)4-5/h1-4,15H,(H,11,12,13);1-4H. The van der Waals surface area contributed by atoms with Gasteiger partial charge in [-0.2, -0.15) is 9.49 Å². The first-order valence-corrected chi connectivity index (χ1v) is 8.27. The number of furan rings is 1. The molecule has 25 heavy (non-hydrogen) atoms. The Morgan fingerprint density at radius 2 is 2.00 bits per heavy atom. The maximum atomic E-state index is 12.9. The highest BCUT2D eigenvalue weighted by molar-refractivity contribution is 7.92. The molecule has 4 heterocycles. The van der Waals surface area contributed by atoms with Crippen LogP contribution in [0.25, 0.3) is 5.76 Å². The van der Waals surface area contributed by atoms with Crippen LogP contribution >= 0.6 is 0 Å². The molecule has 0 fully saturated rings. The van der Waals surface area contributed by atoms with Crippen molar-refractivity contribution in [2.24, 2.45) is 0 Å².